The van der Waals surface area contributed by atoms with E-state index in [0.29, 0.717) is 11.7 Å². The Morgan fingerprint density at radius 1 is 1.43 bits per heavy atom. The van der Waals surface area contributed by atoms with Gasteiger partial charge < -0.3 is 10.4 Å². The largest absolute Gasteiger partial charge is 0.508 e. The van der Waals surface area contributed by atoms with Crippen LogP contribution in [0.15, 0.2) is 24.9 Å². The lowest BCUT2D eigenvalue weighted by atomic mass is 9.99. The molecule has 2 N–H and O–H groups in total. The molecule has 1 rings (SSSR count). The highest BCUT2D eigenvalue weighted by Crippen LogP contribution is 2.30. The number of rotatable bonds is 3. The molecule has 0 atom stereocenters. The van der Waals surface area contributed by atoms with Crippen LogP contribution in [-0.4, -0.2) is 5.11 Å². The van der Waals surface area contributed by atoms with E-state index >= 15 is 0 Å². The number of anilines is 1. The number of aromatic hydroxyl groups is 1. The first-order valence-electron chi connectivity index (χ1n) is 4.77. The topological polar surface area (TPSA) is 32.3 Å². The Labute approximate surface area is 85.3 Å². The normalized spacial score (nSPS) is 10.3. The molecule has 0 aliphatic rings. The first-order valence-corrected chi connectivity index (χ1v) is 4.77. The summed E-state index contributed by atoms with van der Waals surface area (Å²) >= 11 is 0. The average Bonchev–Trinajstić information content (AvgIpc) is 2.09. The summed E-state index contributed by atoms with van der Waals surface area (Å²) in [7, 11) is 0. The maximum atomic E-state index is 9.70. The van der Waals surface area contributed by atoms with Gasteiger partial charge >= 0.3 is 0 Å². The van der Waals surface area contributed by atoms with Gasteiger partial charge in [0.2, 0.25) is 0 Å². The van der Waals surface area contributed by atoms with Crippen molar-refractivity contribution in [3.63, 3.8) is 0 Å². The number of phenols is 1. The Morgan fingerprint density at radius 3 is 2.57 bits per heavy atom. The number of phenolic OH excluding ortho intramolecular Hbond substituents is 1. The molecule has 0 aromatic heterocycles. The summed E-state index contributed by atoms with van der Waals surface area (Å²) in [5, 5.41) is 12.8. The van der Waals surface area contributed by atoms with E-state index in [0.717, 1.165) is 16.8 Å². The Bertz CT molecular complexity index is 342. The molecule has 0 saturated carbocycles. The minimum Gasteiger partial charge on any atom is -0.508 e. The van der Waals surface area contributed by atoms with E-state index in [1.54, 1.807) is 12.3 Å². The molecular weight excluding hydrogens is 174 g/mol. The summed E-state index contributed by atoms with van der Waals surface area (Å²) in [6.45, 7) is 9.69. The average molecular weight is 191 g/mol. The van der Waals surface area contributed by atoms with E-state index in [1.165, 1.54) is 0 Å². The fourth-order valence-corrected chi connectivity index (χ4v) is 1.44. The molecular formula is C12H17NO. The molecule has 0 saturated heterocycles. The lowest BCUT2D eigenvalue weighted by Crippen LogP contribution is -1.95. The molecule has 1 aromatic carbocycles. The molecule has 0 unspecified atom stereocenters. The van der Waals surface area contributed by atoms with Gasteiger partial charge in [0.25, 0.3) is 0 Å². The van der Waals surface area contributed by atoms with Gasteiger partial charge in [-0.1, -0.05) is 20.4 Å². The third-order valence-electron chi connectivity index (χ3n) is 2.25. The number of benzene rings is 1. The van der Waals surface area contributed by atoms with Crippen LogP contribution in [0.4, 0.5) is 5.69 Å². The van der Waals surface area contributed by atoms with Gasteiger partial charge in [-0.2, -0.15) is 0 Å². The summed E-state index contributed by atoms with van der Waals surface area (Å²) in [5.74, 6) is 0.688. The number of hydrogen-bond acceptors (Lipinski definition) is 2. The van der Waals surface area contributed by atoms with Crippen molar-refractivity contribution >= 4 is 5.69 Å². The molecule has 0 aliphatic carbocycles. The SMILES string of the molecule is C=CNc1cc(C(C)C)c(O)cc1C. The Kier molecular flexibility index (Phi) is 3.18. The first-order chi connectivity index (χ1) is 6.56. The molecule has 14 heavy (non-hydrogen) atoms. The van der Waals surface area contributed by atoms with Crippen molar-refractivity contribution in [1.29, 1.82) is 0 Å². The van der Waals surface area contributed by atoms with E-state index < -0.39 is 0 Å². The van der Waals surface area contributed by atoms with Crippen LogP contribution in [0.25, 0.3) is 0 Å². The van der Waals surface area contributed by atoms with E-state index in [2.05, 4.69) is 25.7 Å². The molecule has 1 aromatic rings. The molecule has 2 heteroatoms. The van der Waals surface area contributed by atoms with Crippen molar-refractivity contribution in [2.75, 3.05) is 5.32 Å². The van der Waals surface area contributed by atoms with Crippen LogP contribution in [0.5, 0.6) is 5.75 Å². The summed E-state index contributed by atoms with van der Waals surface area (Å²) in [4.78, 5) is 0. The van der Waals surface area contributed by atoms with E-state index in [-0.39, 0.29) is 0 Å². The predicted octanol–water partition coefficient (Wildman–Crippen LogP) is 3.38. The second-order valence-corrected chi connectivity index (χ2v) is 3.73. The monoisotopic (exact) mass is 191 g/mol. The summed E-state index contributed by atoms with van der Waals surface area (Å²) in [5.41, 5.74) is 2.98. The fourth-order valence-electron chi connectivity index (χ4n) is 1.44. The summed E-state index contributed by atoms with van der Waals surface area (Å²) in [6.07, 6.45) is 1.64. The molecule has 0 aliphatic heterocycles. The highest BCUT2D eigenvalue weighted by Gasteiger charge is 2.08. The number of hydrogen-bond donors (Lipinski definition) is 2. The molecule has 0 amide bonds. The smallest absolute Gasteiger partial charge is 0.119 e. The Hall–Kier alpha value is -1.44. The maximum Gasteiger partial charge on any atom is 0.119 e. The van der Waals surface area contributed by atoms with Gasteiger partial charge in [0.05, 0.1) is 0 Å². The van der Waals surface area contributed by atoms with Crippen LogP contribution in [0, 0.1) is 6.92 Å². The molecule has 0 heterocycles. The van der Waals surface area contributed by atoms with Gasteiger partial charge in [0.15, 0.2) is 0 Å². The lowest BCUT2D eigenvalue weighted by Gasteiger charge is -2.13. The van der Waals surface area contributed by atoms with Crippen molar-refractivity contribution in [1.82, 2.24) is 0 Å². The van der Waals surface area contributed by atoms with Gasteiger partial charge in [-0.15, -0.1) is 0 Å². The summed E-state index contributed by atoms with van der Waals surface area (Å²) < 4.78 is 0. The second kappa shape index (κ2) is 4.18. The fraction of sp³-hybridized carbons (Fsp3) is 0.333. The predicted molar refractivity (Wildman–Crippen MR) is 60.8 cm³/mol. The molecule has 0 radical (unpaired) electrons. The third kappa shape index (κ3) is 2.08. The molecule has 2 nitrogen and oxygen atoms in total. The van der Waals surface area contributed by atoms with Gasteiger partial charge in [0, 0.05) is 5.69 Å². The van der Waals surface area contributed by atoms with Gasteiger partial charge in [-0.25, -0.2) is 0 Å². The molecule has 0 fully saturated rings. The zero-order chi connectivity index (χ0) is 10.7. The molecule has 76 valence electrons. The lowest BCUT2D eigenvalue weighted by molar-refractivity contribution is 0.464. The number of nitrogens with one attached hydrogen (secondary N) is 1. The summed E-state index contributed by atoms with van der Waals surface area (Å²) in [6, 6.07) is 3.75. The number of aryl methyl sites for hydroxylation is 1. The Morgan fingerprint density at radius 2 is 2.07 bits per heavy atom. The van der Waals surface area contributed by atoms with Gasteiger partial charge in [0.1, 0.15) is 5.75 Å². The highest BCUT2D eigenvalue weighted by atomic mass is 16.3. The van der Waals surface area contributed by atoms with Crippen LogP contribution < -0.4 is 5.32 Å². The third-order valence-corrected chi connectivity index (χ3v) is 2.25. The van der Waals surface area contributed by atoms with E-state index in [9.17, 15) is 5.11 Å². The van der Waals surface area contributed by atoms with Crippen LogP contribution in [-0.2, 0) is 0 Å². The van der Waals surface area contributed by atoms with Crippen molar-refractivity contribution in [3.05, 3.63) is 36.0 Å². The van der Waals surface area contributed by atoms with Crippen LogP contribution in [0.2, 0.25) is 0 Å². The van der Waals surface area contributed by atoms with Crippen molar-refractivity contribution in [2.24, 2.45) is 0 Å². The van der Waals surface area contributed by atoms with Gasteiger partial charge in [-0.3, -0.25) is 0 Å². The standard InChI is InChI=1S/C12H17NO/c1-5-13-11-7-10(8(2)3)12(14)6-9(11)4/h5-8,13-14H,1H2,2-4H3. The Balaban J connectivity index is 3.19. The zero-order valence-electron chi connectivity index (χ0n) is 8.96. The highest BCUT2D eigenvalue weighted by molar-refractivity contribution is 5.58. The minimum absolute atomic E-state index is 0.320. The quantitative estimate of drug-likeness (QED) is 0.718. The minimum atomic E-state index is 0.320. The second-order valence-electron chi connectivity index (χ2n) is 3.73. The maximum absolute atomic E-state index is 9.70. The van der Waals surface area contributed by atoms with Crippen LogP contribution >= 0.6 is 0 Å². The van der Waals surface area contributed by atoms with Crippen LogP contribution in [0.3, 0.4) is 0 Å². The molecule has 0 spiro atoms. The molecule has 0 bridgehead atoms. The van der Waals surface area contributed by atoms with E-state index in [4.69, 9.17) is 0 Å². The van der Waals surface area contributed by atoms with Crippen molar-refractivity contribution in [2.45, 2.75) is 26.7 Å². The van der Waals surface area contributed by atoms with Crippen molar-refractivity contribution < 1.29 is 5.11 Å². The van der Waals surface area contributed by atoms with E-state index in [1.807, 2.05) is 13.0 Å². The van der Waals surface area contributed by atoms with Crippen molar-refractivity contribution in [3.8, 4) is 5.75 Å². The van der Waals surface area contributed by atoms with Crippen LogP contribution in [0.1, 0.15) is 30.9 Å². The first kappa shape index (κ1) is 10.6. The zero-order valence-corrected chi connectivity index (χ0v) is 8.96. The van der Waals surface area contributed by atoms with Gasteiger partial charge in [-0.05, 0) is 42.3 Å².